The van der Waals surface area contributed by atoms with Gasteiger partial charge in [-0.05, 0) is 43.5 Å². The van der Waals surface area contributed by atoms with Crippen molar-refractivity contribution in [2.75, 3.05) is 19.0 Å². The first-order chi connectivity index (χ1) is 11.5. The number of methoxy groups -OCH3 is 1. The third-order valence-electron chi connectivity index (χ3n) is 3.01. The van der Waals surface area contributed by atoms with Crippen LogP contribution in [0.25, 0.3) is 0 Å². The van der Waals surface area contributed by atoms with E-state index in [0.717, 1.165) is 5.69 Å². The fourth-order valence-electron chi connectivity index (χ4n) is 1.97. The second-order valence-corrected chi connectivity index (χ2v) is 6.12. The van der Waals surface area contributed by atoms with Crippen LogP contribution in [0.5, 0.6) is 11.5 Å². The maximum atomic E-state index is 12.2. The van der Waals surface area contributed by atoms with E-state index in [0.29, 0.717) is 17.1 Å². The number of thiophene rings is 1. The van der Waals surface area contributed by atoms with Gasteiger partial charge in [0.25, 0.3) is 11.8 Å². The zero-order valence-electron chi connectivity index (χ0n) is 13.8. The molecule has 1 aromatic heterocycles. The maximum Gasteiger partial charge on any atom is 0.258 e. The molecule has 24 heavy (non-hydrogen) atoms. The van der Waals surface area contributed by atoms with Crippen LogP contribution in [0.3, 0.4) is 0 Å². The van der Waals surface area contributed by atoms with Crippen molar-refractivity contribution in [2.45, 2.75) is 19.9 Å². The number of benzene rings is 1. The number of amides is 2. The molecule has 2 N–H and O–H groups in total. The molecule has 0 aliphatic heterocycles. The van der Waals surface area contributed by atoms with E-state index in [1.807, 2.05) is 30.7 Å². The van der Waals surface area contributed by atoms with Crippen molar-refractivity contribution in [1.82, 2.24) is 5.32 Å². The largest absolute Gasteiger partial charge is 0.493 e. The number of hydrogen-bond acceptors (Lipinski definition) is 5. The Morgan fingerprint density at radius 1 is 1.21 bits per heavy atom. The Morgan fingerprint density at radius 2 is 2.00 bits per heavy atom. The van der Waals surface area contributed by atoms with Gasteiger partial charge in [0.15, 0.2) is 18.1 Å². The van der Waals surface area contributed by atoms with Crippen molar-refractivity contribution in [3.63, 3.8) is 0 Å². The fraction of sp³-hybridized carbons (Fsp3) is 0.294. The minimum absolute atomic E-state index is 0.0474. The van der Waals surface area contributed by atoms with E-state index in [2.05, 4.69) is 10.6 Å². The molecule has 2 aromatic rings. The summed E-state index contributed by atoms with van der Waals surface area (Å²) in [4.78, 5) is 23.9. The van der Waals surface area contributed by atoms with E-state index in [-0.39, 0.29) is 24.5 Å². The molecule has 128 valence electrons. The van der Waals surface area contributed by atoms with Crippen LogP contribution in [-0.2, 0) is 4.79 Å². The molecular formula is C17H20N2O4S. The summed E-state index contributed by atoms with van der Waals surface area (Å²) in [5, 5.41) is 9.26. The predicted octanol–water partition coefficient (Wildman–Crippen LogP) is 2.91. The highest BCUT2D eigenvalue weighted by Gasteiger charge is 2.13. The molecule has 6 nitrogen and oxygen atoms in total. The summed E-state index contributed by atoms with van der Waals surface area (Å²) in [6, 6.07) is 6.69. The summed E-state index contributed by atoms with van der Waals surface area (Å²) in [6.45, 7) is 3.63. The lowest BCUT2D eigenvalue weighted by Gasteiger charge is -2.13. The van der Waals surface area contributed by atoms with Gasteiger partial charge in [0.05, 0.1) is 12.8 Å². The summed E-state index contributed by atoms with van der Waals surface area (Å²) in [6.07, 6.45) is 0. The number of ether oxygens (including phenoxy) is 2. The standard InChI is InChI=1S/C17H20N2O4S/c1-11(2)18-16(20)9-23-14-5-4-12(8-15(14)22-3)17(21)19-13-6-7-24-10-13/h4-8,10-11H,9H2,1-3H3,(H,18,20)(H,19,21). The van der Waals surface area contributed by atoms with E-state index in [9.17, 15) is 9.59 Å². The Hall–Kier alpha value is -2.54. The Labute approximate surface area is 144 Å². The molecule has 1 aromatic carbocycles. The molecule has 0 aliphatic carbocycles. The van der Waals surface area contributed by atoms with Crippen LogP contribution < -0.4 is 20.1 Å². The molecule has 0 saturated heterocycles. The van der Waals surface area contributed by atoms with E-state index in [4.69, 9.17) is 9.47 Å². The van der Waals surface area contributed by atoms with E-state index in [1.165, 1.54) is 18.4 Å². The molecular weight excluding hydrogens is 328 g/mol. The molecule has 2 rings (SSSR count). The highest BCUT2D eigenvalue weighted by atomic mass is 32.1. The van der Waals surface area contributed by atoms with E-state index < -0.39 is 0 Å². The van der Waals surface area contributed by atoms with Gasteiger partial charge < -0.3 is 20.1 Å². The Balaban J connectivity index is 2.04. The summed E-state index contributed by atoms with van der Waals surface area (Å²) in [5.74, 6) is 0.343. The zero-order valence-corrected chi connectivity index (χ0v) is 14.6. The highest BCUT2D eigenvalue weighted by Crippen LogP contribution is 2.28. The summed E-state index contributed by atoms with van der Waals surface area (Å²) < 4.78 is 10.7. The first kappa shape index (κ1) is 17.8. The van der Waals surface area contributed by atoms with Crippen molar-refractivity contribution < 1.29 is 19.1 Å². The van der Waals surface area contributed by atoms with Crippen molar-refractivity contribution in [1.29, 1.82) is 0 Å². The van der Waals surface area contributed by atoms with E-state index >= 15 is 0 Å². The minimum Gasteiger partial charge on any atom is -0.493 e. The van der Waals surface area contributed by atoms with Gasteiger partial charge in [-0.2, -0.15) is 11.3 Å². The quantitative estimate of drug-likeness (QED) is 0.807. The number of anilines is 1. The molecule has 0 atom stereocenters. The molecule has 0 bridgehead atoms. The van der Waals surface area contributed by atoms with Gasteiger partial charge in [-0.15, -0.1) is 0 Å². The fourth-order valence-corrected chi connectivity index (χ4v) is 2.56. The highest BCUT2D eigenvalue weighted by molar-refractivity contribution is 7.08. The van der Waals surface area contributed by atoms with Gasteiger partial charge in [0, 0.05) is 17.0 Å². The molecule has 0 unspecified atom stereocenters. The normalized spacial score (nSPS) is 10.3. The van der Waals surface area contributed by atoms with Crippen LogP contribution >= 0.6 is 11.3 Å². The third kappa shape index (κ3) is 4.99. The average molecular weight is 348 g/mol. The van der Waals surface area contributed by atoms with Gasteiger partial charge in [-0.3, -0.25) is 9.59 Å². The van der Waals surface area contributed by atoms with Crippen LogP contribution in [-0.4, -0.2) is 31.6 Å². The number of hydrogen-bond donors (Lipinski definition) is 2. The number of nitrogens with one attached hydrogen (secondary N) is 2. The monoisotopic (exact) mass is 348 g/mol. The lowest BCUT2D eigenvalue weighted by molar-refractivity contribution is -0.123. The zero-order chi connectivity index (χ0) is 17.5. The number of carbonyl (C=O) groups is 2. The third-order valence-corrected chi connectivity index (χ3v) is 3.70. The van der Waals surface area contributed by atoms with Crippen molar-refractivity contribution in [2.24, 2.45) is 0 Å². The molecule has 2 amide bonds. The average Bonchev–Trinajstić information content (AvgIpc) is 3.05. The molecule has 0 fully saturated rings. The Kier molecular flexibility index (Phi) is 6.20. The Bertz CT molecular complexity index is 699. The van der Waals surface area contributed by atoms with Crippen LogP contribution in [0.1, 0.15) is 24.2 Å². The lowest BCUT2D eigenvalue weighted by Crippen LogP contribution is -2.34. The second-order valence-electron chi connectivity index (χ2n) is 5.34. The SMILES string of the molecule is COc1cc(C(=O)Nc2ccsc2)ccc1OCC(=O)NC(C)C. The lowest BCUT2D eigenvalue weighted by atomic mass is 10.2. The van der Waals surface area contributed by atoms with Gasteiger partial charge in [-0.1, -0.05) is 0 Å². The number of rotatable bonds is 7. The van der Waals surface area contributed by atoms with Crippen LogP contribution in [0, 0.1) is 0 Å². The van der Waals surface area contributed by atoms with Crippen molar-refractivity contribution >= 4 is 28.8 Å². The first-order valence-electron chi connectivity index (χ1n) is 7.43. The predicted molar refractivity (Wildman–Crippen MR) is 94.0 cm³/mol. The van der Waals surface area contributed by atoms with Gasteiger partial charge in [0.2, 0.25) is 0 Å². The van der Waals surface area contributed by atoms with Gasteiger partial charge >= 0.3 is 0 Å². The van der Waals surface area contributed by atoms with Gasteiger partial charge in [0.1, 0.15) is 0 Å². The molecule has 0 aliphatic rings. The van der Waals surface area contributed by atoms with Crippen LogP contribution in [0.2, 0.25) is 0 Å². The summed E-state index contributed by atoms with van der Waals surface area (Å²) in [7, 11) is 1.48. The molecule has 0 saturated carbocycles. The topological polar surface area (TPSA) is 76.7 Å². The molecule has 0 spiro atoms. The van der Waals surface area contributed by atoms with Crippen molar-refractivity contribution in [3.8, 4) is 11.5 Å². The summed E-state index contributed by atoms with van der Waals surface area (Å²) in [5.41, 5.74) is 1.19. The van der Waals surface area contributed by atoms with Crippen molar-refractivity contribution in [3.05, 3.63) is 40.6 Å². The van der Waals surface area contributed by atoms with Crippen LogP contribution in [0.15, 0.2) is 35.0 Å². The Morgan fingerprint density at radius 3 is 2.62 bits per heavy atom. The molecule has 0 radical (unpaired) electrons. The van der Waals surface area contributed by atoms with E-state index in [1.54, 1.807) is 18.2 Å². The minimum atomic E-state index is -0.240. The van der Waals surface area contributed by atoms with Gasteiger partial charge in [-0.25, -0.2) is 0 Å². The second kappa shape index (κ2) is 8.35. The number of carbonyl (C=O) groups excluding carboxylic acids is 2. The van der Waals surface area contributed by atoms with Crippen LogP contribution in [0.4, 0.5) is 5.69 Å². The smallest absolute Gasteiger partial charge is 0.258 e. The summed E-state index contributed by atoms with van der Waals surface area (Å²) >= 11 is 1.50. The maximum absolute atomic E-state index is 12.2. The molecule has 1 heterocycles. The first-order valence-corrected chi connectivity index (χ1v) is 8.37. The molecule has 7 heteroatoms.